The highest BCUT2D eigenvalue weighted by Gasteiger charge is 2.35. The number of aromatic nitrogens is 2. The molecule has 21 heavy (non-hydrogen) atoms. The van der Waals surface area contributed by atoms with Crippen LogP contribution in [0.25, 0.3) is 0 Å². The van der Waals surface area contributed by atoms with Gasteiger partial charge in [-0.05, 0) is 18.0 Å². The van der Waals surface area contributed by atoms with E-state index in [4.69, 9.17) is 0 Å². The fraction of sp³-hybridized carbons (Fsp3) is 0.462. The Kier molecular flexibility index (Phi) is 4.12. The monoisotopic (exact) mass is 326 g/mol. The summed E-state index contributed by atoms with van der Waals surface area (Å²) in [6, 6.07) is 3.41. The first-order valence-corrected chi connectivity index (χ1v) is 9.22. The Morgan fingerprint density at radius 3 is 2.95 bits per heavy atom. The van der Waals surface area contributed by atoms with Crippen LogP contribution in [-0.2, 0) is 10.0 Å². The maximum Gasteiger partial charge on any atom is 0.252 e. The van der Waals surface area contributed by atoms with Crippen LogP contribution < -0.4 is 0 Å². The number of nitrogens with one attached hydrogen (secondary N) is 1. The van der Waals surface area contributed by atoms with Crippen molar-refractivity contribution in [1.82, 2.24) is 19.2 Å². The highest BCUT2D eigenvalue weighted by atomic mass is 32.2. The zero-order valence-electron chi connectivity index (χ0n) is 11.8. The van der Waals surface area contributed by atoms with Crippen LogP contribution in [0.2, 0.25) is 0 Å². The normalized spacial score (nSPS) is 21.7. The minimum Gasteiger partial charge on any atom is -0.347 e. The zero-order valence-corrected chi connectivity index (χ0v) is 13.4. The van der Waals surface area contributed by atoms with Gasteiger partial charge in [0.25, 0.3) is 10.0 Å². The summed E-state index contributed by atoms with van der Waals surface area (Å²) >= 11 is 1.26. The van der Waals surface area contributed by atoms with Crippen LogP contribution in [0.15, 0.2) is 34.1 Å². The van der Waals surface area contributed by atoms with Gasteiger partial charge in [-0.3, -0.25) is 4.90 Å². The van der Waals surface area contributed by atoms with E-state index >= 15 is 0 Å². The Bertz CT molecular complexity index is 667. The fourth-order valence-electron chi connectivity index (χ4n) is 2.65. The number of sulfonamides is 1. The summed E-state index contributed by atoms with van der Waals surface area (Å²) in [5, 5.41) is 1.79. The highest BCUT2D eigenvalue weighted by Crippen LogP contribution is 2.28. The molecule has 0 unspecified atom stereocenters. The molecule has 114 valence electrons. The van der Waals surface area contributed by atoms with E-state index in [0.717, 1.165) is 12.4 Å². The zero-order chi connectivity index (χ0) is 14.9. The second-order valence-electron chi connectivity index (χ2n) is 4.91. The fourth-order valence-corrected chi connectivity index (χ4v) is 5.23. The molecule has 1 fully saturated rings. The minimum atomic E-state index is -3.39. The first-order valence-electron chi connectivity index (χ1n) is 6.90. The molecule has 0 aromatic carbocycles. The molecule has 0 radical (unpaired) electrons. The molecule has 3 heterocycles. The van der Waals surface area contributed by atoms with Crippen molar-refractivity contribution in [3.8, 4) is 0 Å². The van der Waals surface area contributed by atoms with E-state index in [0.29, 0.717) is 23.8 Å². The topological polar surface area (TPSA) is 69.3 Å². The van der Waals surface area contributed by atoms with Gasteiger partial charge in [-0.2, -0.15) is 4.31 Å². The van der Waals surface area contributed by atoms with Crippen LogP contribution in [0, 0.1) is 0 Å². The predicted molar refractivity (Wildman–Crippen MR) is 81.7 cm³/mol. The number of rotatable bonds is 4. The lowest BCUT2D eigenvalue weighted by Gasteiger charge is -2.39. The number of H-pyrrole nitrogens is 1. The lowest BCUT2D eigenvalue weighted by molar-refractivity contribution is 0.119. The first kappa shape index (κ1) is 14.7. The standard InChI is InChI=1S/C13H18N4O2S2/c1-2-16-7-8-17(10-11(16)13-14-5-6-15-13)21(18,19)12-4-3-9-20-12/h3-6,9,11H,2,7-8,10H2,1H3,(H,14,15)/t11-/m1/s1. The average Bonchev–Trinajstić information content (AvgIpc) is 3.19. The lowest BCUT2D eigenvalue weighted by Crippen LogP contribution is -2.50. The van der Waals surface area contributed by atoms with Crippen molar-refractivity contribution in [3.05, 3.63) is 35.7 Å². The summed E-state index contributed by atoms with van der Waals surface area (Å²) < 4.78 is 27.3. The van der Waals surface area contributed by atoms with Crippen LogP contribution in [-0.4, -0.2) is 53.8 Å². The summed E-state index contributed by atoms with van der Waals surface area (Å²) in [6.45, 7) is 4.62. The Labute approximate surface area is 128 Å². The third-order valence-electron chi connectivity index (χ3n) is 3.78. The van der Waals surface area contributed by atoms with Crippen LogP contribution in [0.5, 0.6) is 0 Å². The number of likely N-dealkylation sites (N-methyl/N-ethyl adjacent to an activating group) is 1. The molecule has 8 heteroatoms. The summed E-state index contributed by atoms with van der Waals surface area (Å²) in [7, 11) is -3.39. The van der Waals surface area contributed by atoms with Gasteiger partial charge in [0.15, 0.2) is 0 Å². The van der Waals surface area contributed by atoms with Crippen LogP contribution in [0.3, 0.4) is 0 Å². The van der Waals surface area contributed by atoms with Gasteiger partial charge in [0.2, 0.25) is 0 Å². The highest BCUT2D eigenvalue weighted by molar-refractivity contribution is 7.91. The van der Waals surface area contributed by atoms with Gasteiger partial charge in [0, 0.05) is 32.0 Å². The van der Waals surface area contributed by atoms with Crippen molar-refractivity contribution in [2.45, 2.75) is 17.2 Å². The number of piperazine rings is 1. The first-order chi connectivity index (χ1) is 10.1. The van der Waals surface area contributed by atoms with Gasteiger partial charge >= 0.3 is 0 Å². The molecule has 6 nitrogen and oxygen atoms in total. The van der Waals surface area contributed by atoms with Crippen molar-refractivity contribution >= 4 is 21.4 Å². The van der Waals surface area contributed by atoms with Crippen molar-refractivity contribution in [3.63, 3.8) is 0 Å². The number of thiophene rings is 1. The summed E-state index contributed by atoms with van der Waals surface area (Å²) in [5.41, 5.74) is 0. The number of aromatic amines is 1. The van der Waals surface area contributed by atoms with Gasteiger partial charge in [-0.15, -0.1) is 11.3 Å². The third kappa shape index (κ3) is 2.76. The van der Waals surface area contributed by atoms with Gasteiger partial charge in [-0.25, -0.2) is 13.4 Å². The third-order valence-corrected chi connectivity index (χ3v) is 7.02. The molecule has 2 aromatic rings. The lowest BCUT2D eigenvalue weighted by atomic mass is 10.2. The largest absolute Gasteiger partial charge is 0.347 e. The van der Waals surface area contributed by atoms with E-state index in [9.17, 15) is 8.42 Å². The van der Waals surface area contributed by atoms with Gasteiger partial charge in [0.05, 0.1) is 6.04 Å². The molecule has 2 aromatic heterocycles. The Balaban J connectivity index is 1.86. The van der Waals surface area contributed by atoms with Crippen LogP contribution in [0.1, 0.15) is 18.8 Å². The SMILES string of the molecule is CCN1CCN(S(=O)(=O)c2cccs2)C[C@@H]1c1ncc[nH]1. The molecule has 1 aliphatic rings. The second-order valence-corrected chi connectivity index (χ2v) is 8.03. The Morgan fingerprint density at radius 1 is 1.48 bits per heavy atom. The number of nitrogens with zero attached hydrogens (tertiary/aromatic N) is 3. The van der Waals surface area contributed by atoms with Gasteiger partial charge in [-0.1, -0.05) is 13.0 Å². The molecule has 1 atom stereocenters. The molecule has 1 N–H and O–H groups in total. The van der Waals surface area contributed by atoms with E-state index in [1.54, 1.807) is 34.2 Å². The summed E-state index contributed by atoms with van der Waals surface area (Å²) in [5.74, 6) is 0.822. The molecule has 0 spiro atoms. The molecule has 0 amide bonds. The molecule has 3 rings (SSSR count). The average molecular weight is 326 g/mol. The quantitative estimate of drug-likeness (QED) is 0.925. The molecular weight excluding hydrogens is 308 g/mol. The second kappa shape index (κ2) is 5.88. The summed E-state index contributed by atoms with van der Waals surface area (Å²) in [6.07, 6.45) is 3.48. The molecular formula is C13H18N4O2S2. The number of imidazole rings is 1. The van der Waals surface area contributed by atoms with Crippen molar-refractivity contribution in [1.29, 1.82) is 0 Å². The molecule has 0 aliphatic carbocycles. The van der Waals surface area contributed by atoms with Gasteiger partial charge in [0.1, 0.15) is 10.0 Å². The molecule has 0 saturated carbocycles. The van der Waals surface area contributed by atoms with Crippen molar-refractivity contribution in [2.24, 2.45) is 0 Å². The predicted octanol–water partition coefficient (Wildman–Crippen LogP) is 1.54. The van der Waals surface area contributed by atoms with Crippen molar-refractivity contribution in [2.75, 3.05) is 26.2 Å². The molecule has 0 bridgehead atoms. The minimum absolute atomic E-state index is 0.0199. The summed E-state index contributed by atoms with van der Waals surface area (Å²) in [4.78, 5) is 9.66. The van der Waals surface area contributed by atoms with E-state index in [-0.39, 0.29) is 6.04 Å². The van der Waals surface area contributed by atoms with Crippen LogP contribution >= 0.6 is 11.3 Å². The Morgan fingerprint density at radius 2 is 2.33 bits per heavy atom. The van der Waals surface area contributed by atoms with E-state index < -0.39 is 10.0 Å². The number of hydrogen-bond acceptors (Lipinski definition) is 5. The molecule has 1 saturated heterocycles. The van der Waals surface area contributed by atoms with E-state index in [1.807, 2.05) is 0 Å². The molecule has 1 aliphatic heterocycles. The van der Waals surface area contributed by atoms with Gasteiger partial charge < -0.3 is 4.98 Å². The maximum absolute atomic E-state index is 12.6. The smallest absolute Gasteiger partial charge is 0.252 e. The van der Waals surface area contributed by atoms with E-state index in [2.05, 4.69) is 21.8 Å². The van der Waals surface area contributed by atoms with Crippen molar-refractivity contribution < 1.29 is 8.42 Å². The maximum atomic E-state index is 12.6. The Hall–Kier alpha value is -1.22. The number of hydrogen-bond donors (Lipinski definition) is 1. The van der Waals surface area contributed by atoms with E-state index in [1.165, 1.54) is 11.3 Å². The van der Waals surface area contributed by atoms with Crippen LogP contribution in [0.4, 0.5) is 0 Å².